The molecule has 226 valence electrons. The van der Waals surface area contributed by atoms with Crippen LogP contribution in [0.3, 0.4) is 0 Å². The number of halogens is 11. The van der Waals surface area contributed by atoms with Crippen molar-refractivity contribution in [2.24, 2.45) is 0 Å². The van der Waals surface area contributed by atoms with E-state index in [4.69, 9.17) is 10.5 Å². The zero-order chi connectivity index (χ0) is 34.4. The van der Waals surface area contributed by atoms with Gasteiger partial charge in [0.1, 0.15) is 41.5 Å². The predicted molar refractivity (Wildman–Crippen MR) is 129 cm³/mol. The van der Waals surface area contributed by atoms with Crippen LogP contribution >= 0.6 is 0 Å². The summed E-state index contributed by atoms with van der Waals surface area (Å²) in [5.41, 5.74) is -18.1. The molecule has 1 heterocycles. The van der Waals surface area contributed by atoms with Gasteiger partial charge in [-0.05, 0) is 6.07 Å². The van der Waals surface area contributed by atoms with Gasteiger partial charge in [0, 0.05) is 34.7 Å². The second-order valence-corrected chi connectivity index (χ2v) is 8.74. The highest BCUT2D eigenvalue weighted by atomic mass is 19.4. The number of allylic oxidation sites excluding steroid dienone is 6. The monoisotopic (exact) mass is 644 g/mol. The summed E-state index contributed by atoms with van der Waals surface area (Å²) in [5, 5.41) is 47.2. The molecular weight excluding hydrogens is 641 g/mol. The lowest BCUT2D eigenvalue weighted by Gasteiger charge is -2.11. The molecule has 1 fully saturated rings. The maximum Gasteiger partial charge on any atom is 0.418 e. The second kappa shape index (κ2) is 11.5. The third kappa shape index (κ3) is 4.75. The number of benzene rings is 2. The number of alkyl halides is 3. The van der Waals surface area contributed by atoms with Crippen molar-refractivity contribution in [1.29, 1.82) is 26.3 Å². The Balaban J connectivity index is 2.33. The van der Waals surface area contributed by atoms with E-state index < -0.39 is 120 Å². The molecule has 0 saturated heterocycles. The normalized spacial score (nSPS) is 15.5. The highest BCUT2D eigenvalue weighted by Gasteiger charge is 2.46. The first-order valence-electron chi connectivity index (χ1n) is 11.6. The first kappa shape index (κ1) is 32.4. The van der Waals surface area contributed by atoms with Gasteiger partial charge in [0.2, 0.25) is 0 Å². The Morgan fingerprint density at radius 2 is 0.891 bits per heavy atom. The molecule has 2 aromatic carbocycles. The summed E-state index contributed by atoms with van der Waals surface area (Å²) in [5.74, 6) is -19.1. The van der Waals surface area contributed by atoms with Crippen LogP contribution in [0.4, 0.5) is 48.3 Å². The minimum atomic E-state index is -5.28. The molecule has 0 aliphatic heterocycles. The Morgan fingerprint density at radius 1 is 0.543 bits per heavy atom. The molecule has 0 radical (unpaired) electrons. The lowest BCUT2D eigenvalue weighted by molar-refractivity contribution is -0.138. The standard InChI is InChI=1S/C29H3F11N6/c30-21-13(6-44)22(31)26(35)19(25(21)34)11(4-42)17-16(10(3-41)9-1-2-46-8-15(9)29(38,39)40)18(17)12(5-43)20-27(36)23(32)14(7-45)24(33)28(20)37/h1-2,8H/b16-10?,17-11-,18-12+. The van der Waals surface area contributed by atoms with Crippen LogP contribution in [-0.4, -0.2) is 4.98 Å². The van der Waals surface area contributed by atoms with Gasteiger partial charge in [-0.15, -0.1) is 0 Å². The van der Waals surface area contributed by atoms with E-state index in [1.165, 1.54) is 6.07 Å². The first-order valence-corrected chi connectivity index (χ1v) is 11.6. The fourth-order valence-corrected chi connectivity index (χ4v) is 4.40. The molecule has 1 saturated carbocycles. The molecule has 46 heavy (non-hydrogen) atoms. The van der Waals surface area contributed by atoms with Crippen molar-refractivity contribution >= 4 is 16.7 Å². The quantitative estimate of drug-likeness (QED) is 0.168. The highest BCUT2D eigenvalue weighted by Crippen LogP contribution is 2.57. The molecule has 0 amide bonds. The van der Waals surface area contributed by atoms with Gasteiger partial charge in [0.05, 0.1) is 33.4 Å². The molecule has 4 rings (SSSR count). The molecule has 3 aromatic rings. The number of nitriles is 5. The topological polar surface area (TPSA) is 132 Å². The van der Waals surface area contributed by atoms with Gasteiger partial charge >= 0.3 is 6.18 Å². The van der Waals surface area contributed by atoms with Crippen LogP contribution in [0, 0.1) is 103 Å². The SMILES string of the molecule is N#CC(=C1C(=C(/C#N)c2c(F)c(F)c(C#N)c(F)c2F)/C1=C(/C#N)c1c(F)c(F)c(C#N)c(F)c1F)c1ccncc1C(F)(F)F. The number of hydrogen-bond acceptors (Lipinski definition) is 6. The van der Waals surface area contributed by atoms with Crippen molar-refractivity contribution in [2.75, 3.05) is 0 Å². The third-order valence-corrected chi connectivity index (χ3v) is 6.42. The number of hydrogen-bond donors (Lipinski definition) is 0. The van der Waals surface area contributed by atoms with E-state index in [1.807, 2.05) is 0 Å². The zero-order valence-corrected chi connectivity index (χ0v) is 21.6. The summed E-state index contributed by atoms with van der Waals surface area (Å²) in [6.07, 6.45) is -4.36. The number of nitrogens with zero attached hydrogens (tertiary/aromatic N) is 6. The van der Waals surface area contributed by atoms with Gasteiger partial charge in [0.15, 0.2) is 46.5 Å². The molecule has 0 bridgehead atoms. The van der Waals surface area contributed by atoms with Gasteiger partial charge in [-0.3, -0.25) is 4.98 Å². The Bertz CT molecular complexity index is 2050. The fourth-order valence-electron chi connectivity index (χ4n) is 4.40. The number of rotatable bonds is 3. The molecule has 6 nitrogen and oxygen atoms in total. The number of aromatic nitrogens is 1. The van der Waals surface area contributed by atoms with E-state index in [1.54, 1.807) is 0 Å². The lowest BCUT2D eigenvalue weighted by atomic mass is 9.99. The van der Waals surface area contributed by atoms with Crippen molar-refractivity contribution < 1.29 is 48.3 Å². The van der Waals surface area contributed by atoms with Gasteiger partial charge in [-0.1, -0.05) is 0 Å². The largest absolute Gasteiger partial charge is 0.418 e. The minimum Gasteiger partial charge on any atom is -0.264 e. The summed E-state index contributed by atoms with van der Waals surface area (Å²) >= 11 is 0. The van der Waals surface area contributed by atoms with E-state index in [9.17, 15) is 46.5 Å². The van der Waals surface area contributed by atoms with Gasteiger partial charge in [-0.25, -0.2) is 35.1 Å². The Morgan fingerprint density at radius 3 is 1.20 bits per heavy atom. The summed E-state index contributed by atoms with van der Waals surface area (Å²) in [6, 6.07) is 5.60. The van der Waals surface area contributed by atoms with Gasteiger partial charge in [-0.2, -0.15) is 39.5 Å². The predicted octanol–water partition coefficient (Wildman–Crippen LogP) is 7.20. The van der Waals surface area contributed by atoms with Crippen LogP contribution in [0.2, 0.25) is 0 Å². The van der Waals surface area contributed by atoms with Crippen molar-refractivity contribution in [3.05, 3.63) is 115 Å². The summed E-state index contributed by atoms with van der Waals surface area (Å²) in [4.78, 5) is 3.26. The van der Waals surface area contributed by atoms with Crippen molar-refractivity contribution in [3.8, 4) is 30.3 Å². The van der Waals surface area contributed by atoms with Crippen LogP contribution in [0.25, 0.3) is 16.7 Å². The molecule has 0 atom stereocenters. The maximum atomic E-state index is 15.0. The molecule has 1 aromatic heterocycles. The fraction of sp³-hybridized carbons (Fsp3) is 0.0345. The molecule has 17 heteroatoms. The van der Waals surface area contributed by atoms with E-state index in [-0.39, 0.29) is 6.20 Å². The lowest BCUT2D eigenvalue weighted by Crippen LogP contribution is -2.09. The van der Waals surface area contributed by atoms with Crippen molar-refractivity contribution in [1.82, 2.24) is 4.98 Å². The Kier molecular flexibility index (Phi) is 8.12. The second-order valence-electron chi connectivity index (χ2n) is 8.74. The van der Waals surface area contributed by atoms with Crippen LogP contribution in [0.5, 0.6) is 0 Å². The average Bonchev–Trinajstić information content (AvgIpc) is 3.73. The molecular formula is C29H3F11N6. The van der Waals surface area contributed by atoms with Crippen molar-refractivity contribution in [3.63, 3.8) is 0 Å². The van der Waals surface area contributed by atoms with E-state index >= 15 is 17.6 Å². The maximum absolute atomic E-state index is 15.0. The third-order valence-electron chi connectivity index (χ3n) is 6.42. The zero-order valence-electron chi connectivity index (χ0n) is 21.6. The van der Waals surface area contributed by atoms with Crippen molar-refractivity contribution in [2.45, 2.75) is 6.18 Å². The van der Waals surface area contributed by atoms with E-state index in [2.05, 4.69) is 4.98 Å². The molecule has 1 aliphatic carbocycles. The van der Waals surface area contributed by atoms with E-state index in [0.29, 0.717) is 12.3 Å². The van der Waals surface area contributed by atoms with Gasteiger partial charge < -0.3 is 0 Å². The van der Waals surface area contributed by atoms with E-state index in [0.717, 1.165) is 24.3 Å². The molecule has 0 unspecified atom stereocenters. The highest BCUT2D eigenvalue weighted by molar-refractivity contribution is 6.12. The summed E-state index contributed by atoms with van der Waals surface area (Å²) in [6.45, 7) is 0. The molecule has 0 spiro atoms. The Hall–Kier alpha value is -6.51. The minimum absolute atomic E-state index is 0.203. The van der Waals surface area contributed by atoms with Gasteiger partial charge in [0.25, 0.3) is 0 Å². The number of pyridine rings is 1. The van der Waals surface area contributed by atoms with Crippen LogP contribution < -0.4 is 0 Å². The van der Waals surface area contributed by atoms with Crippen LogP contribution in [-0.2, 0) is 6.18 Å². The smallest absolute Gasteiger partial charge is 0.264 e. The summed E-state index contributed by atoms with van der Waals surface area (Å²) in [7, 11) is 0. The first-order chi connectivity index (χ1) is 21.6. The Labute approximate surface area is 248 Å². The molecule has 0 N–H and O–H groups in total. The van der Waals surface area contributed by atoms with Crippen LogP contribution in [0.15, 0.2) is 35.2 Å². The average molecular weight is 644 g/mol. The summed E-state index contributed by atoms with van der Waals surface area (Å²) < 4.78 is 160. The molecule has 1 aliphatic rings. The van der Waals surface area contributed by atoms with Crippen LogP contribution in [0.1, 0.15) is 33.4 Å².